The van der Waals surface area contributed by atoms with Crippen LogP contribution in [0.5, 0.6) is 0 Å². The summed E-state index contributed by atoms with van der Waals surface area (Å²) < 4.78 is 0. The lowest BCUT2D eigenvalue weighted by atomic mass is 9.90. The summed E-state index contributed by atoms with van der Waals surface area (Å²) in [4.78, 5) is 27.4. The Bertz CT molecular complexity index is 818. The molecule has 0 spiro atoms. The van der Waals surface area contributed by atoms with Gasteiger partial charge < -0.3 is 10.6 Å². The molecule has 7 heteroatoms. The topological polar surface area (TPSA) is 89.5 Å². The number of nitro benzene ring substituents is 1. The molecule has 0 bridgehead atoms. The Hall–Kier alpha value is -2.38. The number of piperidine rings is 1. The minimum absolute atomic E-state index is 0.0683. The second kappa shape index (κ2) is 8.54. The first kappa shape index (κ1) is 19.4. The maximum Gasteiger partial charge on any atom is 0.270 e. The van der Waals surface area contributed by atoms with Crippen LogP contribution < -0.4 is 5.73 Å². The van der Waals surface area contributed by atoms with Gasteiger partial charge in [-0.1, -0.05) is 30.0 Å². The molecule has 1 fully saturated rings. The molecule has 142 valence electrons. The van der Waals surface area contributed by atoms with Gasteiger partial charge in [-0.05, 0) is 43.9 Å². The van der Waals surface area contributed by atoms with E-state index in [4.69, 9.17) is 5.73 Å². The van der Waals surface area contributed by atoms with Gasteiger partial charge in [-0.25, -0.2) is 0 Å². The number of rotatable bonds is 5. The molecular weight excluding hydrogens is 362 g/mol. The highest BCUT2D eigenvalue weighted by atomic mass is 32.2. The molecule has 27 heavy (non-hydrogen) atoms. The van der Waals surface area contributed by atoms with Crippen molar-refractivity contribution < 1.29 is 9.72 Å². The predicted molar refractivity (Wildman–Crippen MR) is 106 cm³/mol. The highest BCUT2D eigenvalue weighted by Gasteiger charge is 2.28. The number of amides is 1. The number of carbonyl (C=O) groups is 1. The molecule has 2 aromatic carbocycles. The van der Waals surface area contributed by atoms with Crippen molar-refractivity contribution in [3.63, 3.8) is 0 Å². The fourth-order valence-electron chi connectivity index (χ4n) is 3.30. The molecule has 1 aliphatic heterocycles. The predicted octanol–water partition coefficient (Wildman–Crippen LogP) is 3.95. The molecule has 0 aromatic heterocycles. The monoisotopic (exact) mass is 385 g/mol. The third-order valence-corrected chi connectivity index (χ3v) is 6.03. The van der Waals surface area contributed by atoms with E-state index in [0.717, 1.165) is 22.6 Å². The van der Waals surface area contributed by atoms with Crippen molar-refractivity contribution in [3.8, 4) is 0 Å². The van der Waals surface area contributed by atoms with Gasteiger partial charge in [0, 0.05) is 41.1 Å². The van der Waals surface area contributed by atoms with E-state index in [2.05, 4.69) is 0 Å². The first-order chi connectivity index (χ1) is 13.0. The zero-order valence-electron chi connectivity index (χ0n) is 15.2. The second-order valence-electron chi connectivity index (χ2n) is 6.84. The maximum atomic E-state index is 13.1. The fourth-order valence-corrected chi connectivity index (χ4v) is 4.24. The normalized spacial score (nSPS) is 16.1. The van der Waals surface area contributed by atoms with E-state index in [1.54, 1.807) is 11.0 Å². The number of non-ortho nitro benzene ring substituents is 1. The molecule has 2 aromatic rings. The molecule has 1 unspecified atom stereocenters. The highest BCUT2D eigenvalue weighted by Crippen LogP contribution is 2.34. The number of likely N-dealkylation sites (tertiary alicyclic amines) is 1. The highest BCUT2D eigenvalue weighted by molar-refractivity contribution is 7.99. The van der Waals surface area contributed by atoms with Crippen LogP contribution in [-0.2, 0) is 0 Å². The van der Waals surface area contributed by atoms with Crippen molar-refractivity contribution in [2.24, 2.45) is 11.7 Å². The zero-order chi connectivity index (χ0) is 19.4. The third kappa shape index (κ3) is 4.67. The van der Waals surface area contributed by atoms with Crippen molar-refractivity contribution >= 4 is 23.4 Å². The Labute approximate surface area is 162 Å². The van der Waals surface area contributed by atoms with Gasteiger partial charge in [0.05, 0.1) is 10.5 Å². The van der Waals surface area contributed by atoms with Crippen molar-refractivity contribution in [3.05, 3.63) is 64.2 Å². The SMILES string of the molecule is CC(N)C1CCN(C(=O)c2cc([N+](=O)[O-])ccc2Sc2ccccc2)CC1. The average Bonchev–Trinajstić information content (AvgIpc) is 2.68. The molecular formula is C20H23N3O3S. The number of hydrogen-bond donors (Lipinski definition) is 1. The first-order valence-corrected chi connectivity index (χ1v) is 9.83. The molecule has 1 heterocycles. The van der Waals surface area contributed by atoms with Crippen molar-refractivity contribution in [2.45, 2.75) is 35.6 Å². The van der Waals surface area contributed by atoms with Gasteiger partial charge in [0.25, 0.3) is 11.6 Å². The number of nitro groups is 1. The number of benzene rings is 2. The van der Waals surface area contributed by atoms with Crippen LogP contribution in [-0.4, -0.2) is 34.9 Å². The summed E-state index contributed by atoms with van der Waals surface area (Å²) in [6, 6.07) is 14.3. The largest absolute Gasteiger partial charge is 0.339 e. The first-order valence-electron chi connectivity index (χ1n) is 9.02. The fraction of sp³-hybridized carbons (Fsp3) is 0.350. The van der Waals surface area contributed by atoms with Gasteiger partial charge in [-0.3, -0.25) is 14.9 Å². The molecule has 1 saturated heterocycles. The Morgan fingerprint density at radius 3 is 2.48 bits per heavy atom. The Morgan fingerprint density at radius 2 is 1.89 bits per heavy atom. The molecule has 1 atom stereocenters. The van der Waals surface area contributed by atoms with Crippen LogP contribution in [0.25, 0.3) is 0 Å². The molecule has 0 aliphatic carbocycles. The van der Waals surface area contributed by atoms with Crippen LogP contribution in [0.2, 0.25) is 0 Å². The summed E-state index contributed by atoms with van der Waals surface area (Å²) in [5, 5.41) is 11.2. The average molecular weight is 385 g/mol. The van der Waals surface area contributed by atoms with Crippen LogP contribution in [0, 0.1) is 16.0 Å². The second-order valence-corrected chi connectivity index (χ2v) is 7.96. The lowest BCUT2D eigenvalue weighted by Gasteiger charge is -2.34. The minimum atomic E-state index is -0.462. The van der Waals surface area contributed by atoms with Crippen LogP contribution >= 0.6 is 11.8 Å². The standard InChI is InChI=1S/C20H23N3O3S/c1-14(21)15-9-11-22(12-10-15)20(24)18-13-16(23(25)26)7-8-19(18)27-17-5-3-2-4-6-17/h2-8,13-15H,9-12,21H2,1H3. The molecule has 6 nitrogen and oxygen atoms in total. The molecule has 1 aliphatic rings. The lowest BCUT2D eigenvalue weighted by Crippen LogP contribution is -2.42. The summed E-state index contributed by atoms with van der Waals surface area (Å²) in [6.45, 7) is 3.25. The summed E-state index contributed by atoms with van der Waals surface area (Å²) in [5.74, 6) is 0.262. The van der Waals surface area contributed by atoms with Gasteiger partial charge in [-0.2, -0.15) is 0 Å². The minimum Gasteiger partial charge on any atom is -0.339 e. The molecule has 2 N–H and O–H groups in total. The van der Waals surface area contributed by atoms with Gasteiger partial charge in [0.15, 0.2) is 0 Å². The van der Waals surface area contributed by atoms with E-state index in [1.165, 1.54) is 23.9 Å². The number of hydrogen-bond acceptors (Lipinski definition) is 5. The molecule has 3 rings (SSSR count). The van der Waals surface area contributed by atoms with E-state index in [-0.39, 0.29) is 17.6 Å². The quantitative estimate of drug-likeness (QED) is 0.622. The third-order valence-electron chi connectivity index (χ3n) is 4.95. The lowest BCUT2D eigenvalue weighted by molar-refractivity contribution is -0.384. The van der Waals surface area contributed by atoms with Gasteiger partial charge in [0.1, 0.15) is 0 Å². The summed E-state index contributed by atoms with van der Waals surface area (Å²) >= 11 is 1.44. The van der Waals surface area contributed by atoms with Crippen LogP contribution in [0.1, 0.15) is 30.1 Å². The summed E-state index contributed by atoms with van der Waals surface area (Å²) in [7, 11) is 0. The van der Waals surface area contributed by atoms with Gasteiger partial charge >= 0.3 is 0 Å². The van der Waals surface area contributed by atoms with Crippen LogP contribution in [0.15, 0.2) is 58.3 Å². The summed E-state index contributed by atoms with van der Waals surface area (Å²) in [5.41, 5.74) is 6.30. The van der Waals surface area contributed by atoms with Gasteiger partial charge in [0.2, 0.25) is 0 Å². The molecule has 0 saturated carbocycles. The van der Waals surface area contributed by atoms with E-state index in [1.807, 2.05) is 37.3 Å². The van der Waals surface area contributed by atoms with Crippen molar-refractivity contribution in [2.75, 3.05) is 13.1 Å². The Kier molecular flexibility index (Phi) is 6.13. The smallest absolute Gasteiger partial charge is 0.270 e. The number of carbonyl (C=O) groups excluding carboxylic acids is 1. The summed E-state index contributed by atoms with van der Waals surface area (Å²) in [6.07, 6.45) is 1.72. The van der Waals surface area contributed by atoms with Crippen LogP contribution in [0.3, 0.4) is 0 Å². The number of nitrogens with two attached hydrogens (primary N) is 1. The van der Waals surface area contributed by atoms with Crippen LogP contribution in [0.4, 0.5) is 5.69 Å². The molecule has 1 amide bonds. The Morgan fingerprint density at radius 1 is 1.22 bits per heavy atom. The van der Waals surface area contributed by atoms with Crippen molar-refractivity contribution in [1.29, 1.82) is 0 Å². The van der Waals surface area contributed by atoms with E-state index >= 15 is 0 Å². The van der Waals surface area contributed by atoms with E-state index in [9.17, 15) is 14.9 Å². The van der Waals surface area contributed by atoms with E-state index < -0.39 is 4.92 Å². The number of nitrogens with zero attached hydrogens (tertiary/aromatic N) is 2. The Balaban J connectivity index is 1.86. The van der Waals surface area contributed by atoms with Crippen molar-refractivity contribution in [1.82, 2.24) is 4.90 Å². The maximum absolute atomic E-state index is 13.1. The van der Waals surface area contributed by atoms with Gasteiger partial charge in [-0.15, -0.1) is 0 Å². The molecule has 0 radical (unpaired) electrons. The van der Waals surface area contributed by atoms with E-state index in [0.29, 0.717) is 24.6 Å². The zero-order valence-corrected chi connectivity index (χ0v) is 16.0.